The molecule has 0 radical (unpaired) electrons. The average Bonchev–Trinajstić information content (AvgIpc) is 3.04. The summed E-state index contributed by atoms with van der Waals surface area (Å²) >= 11 is 0. The molecular weight excluding hydrogens is 326 g/mol. The summed E-state index contributed by atoms with van der Waals surface area (Å²) in [5.74, 6) is -0.417. The first-order valence-corrected chi connectivity index (χ1v) is 8.72. The summed E-state index contributed by atoms with van der Waals surface area (Å²) < 4.78 is 0. The van der Waals surface area contributed by atoms with Crippen LogP contribution in [-0.2, 0) is 16.0 Å². The molecule has 0 spiro atoms. The lowest BCUT2D eigenvalue weighted by molar-refractivity contribution is -0.128. The van der Waals surface area contributed by atoms with Crippen LogP contribution in [0.4, 0.5) is 0 Å². The van der Waals surface area contributed by atoms with E-state index >= 15 is 0 Å². The minimum Gasteiger partial charge on any atom is -0.361 e. The normalized spacial score (nSPS) is 13.2. The van der Waals surface area contributed by atoms with Crippen molar-refractivity contribution in [2.45, 2.75) is 32.4 Å². The zero-order chi connectivity index (χ0) is 18.5. The van der Waals surface area contributed by atoms with Crippen LogP contribution in [0.3, 0.4) is 0 Å². The van der Waals surface area contributed by atoms with Crippen LogP contribution in [0.25, 0.3) is 10.9 Å². The predicted molar refractivity (Wildman–Crippen MR) is 103 cm³/mol. The highest BCUT2D eigenvalue weighted by Gasteiger charge is 2.23. The summed E-state index contributed by atoms with van der Waals surface area (Å²) in [5.41, 5.74) is 3.04. The predicted octanol–water partition coefficient (Wildman–Crippen LogP) is 3.09. The van der Waals surface area contributed by atoms with Gasteiger partial charge in [-0.05, 0) is 24.1 Å². The van der Waals surface area contributed by atoms with Crippen molar-refractivity contribution in [1.82, 2.24) is 15.6 Å². The number of para-hydroxylation sites is 1. The van der Waals surface area contributed by atoms with E-state index in [2.05, 4.69) is 15.6 Å². The summed E-state index contributed by atoms with van der Waals surface area (Å²) in [6, 6.07) is 16.9. The molecule has 3 N–H and O–H groups in total. The molecule has 0 saturated carbocycles. The Hall–Kier alpha value is -3.08. The number of aromatic nitrogens is 1. The fourth-order valence-electron chi connectivity index (χ4n) is 3.11. The zero-order valence-electron chi connectivity index (χ0n) is 15.0. The Morgan fingerprint density at radius 1 is 1.00 bits per heavy atom. The van der Waals surface area contributed by atoms with Crippen LogP contribution >= 0.6 is 0 Å². The number of fused-ring (bicyclic) bond motifs is 1. The number of rotatable bonds is 6. The molecule has 2 amide bonds. The first-order chi connectivity index (χ1) is 12.5. The Morgan fingerprint density at radius 3 is 2.42 bits per heavy atom. The second kappa shape index (κ2) is 7.87. The van der Waals surface area contributed by atoms with Crippen molar-refractivity contribution in [2.24, 2.45) is 0 Å². The van der Waals surface area contributed by atoms with E-state index in [0.717, 1.165) is 22.0 Å². The highest BCUT2D eigenvalue weighted by molar-refractivity contribution is 5.89. The molecule has 2 aromatic carbocycles. The maximum absolute atomic E-state index is 12.8. The molecule has 134 valence electrons. The van der Waals surface area contributed by atoms with Gasteiger partial charge in [0.15, 0.2) is 0 Å². The van der Waals surface area contributed by atoms with Gasteiger partial charge in [-0.3, -0.25) is 9.59 Å². The first kappa shape index (κ1) is 17.7. The molecule has 1 aromatic heterocycles. The first-order valence-electron chi connectivity index (χ1n) is 8.72. The standard InChI is InChI=1S/C21H23N3O2/c1-14(16-8-4-3-5-9-16)23-21(26)20(24-15(2)25)12-17-13-22-19-11-7-6-10-18(17)19/h3-11,13-14,20,22H,12H2,1-2H3,(H,23,26)(H,24,25). The SMILES string of the molecule is CC(=O)NC(Cc1c[nH]c2ccccc12)C(=O)NC(C)c1ccccc1. The molecule has 5 nitrogen and oxygen atoms in total. The van der Waals surface area contributed by atoms with Gasteiger partial charge in [-0.25, -0.2) is 0 Å². The average molecular weight is 349 g/mol. The van der Waals surface area contributed by atoms with Crippen molar-refractivity contribution in [3.63, 3.8) is 0 Å². The molecule has 1 heterocycles. The zero-order valence-corrected chi connectivity index (χ0v) is 15.0. The molecule has 2 atom stereocenters. The lowest BCUT2D eigenvalue weighted by atomic mass is 10.0. The van der Waals surface area contributed by atoms with Crippen LogP contribution in [0.15, 0.2) is 60.8 Å². The molecule has 0 aliphatic carbocycles. The van der Waals surface area contributed by atoms with E-state index in [4.69, 9.17) is 0 Å². The smallest absolute Gasteiger partial charge is 0.243 e. The quantitative estimate of drug-likeness (QED) is 0.640. The van der Waals surface area contributed by atoms with Gasteiger partial charge in [0.25, 0.3) is 0 Å². The van der Waals surface area contributed by atoms with Crippen LogP contribution in [0.1, 0.15) is 31.0 Å². The molecule has 0 aliphatic heterocycles. The molecule has 2 unspecified atom stereocenters. The molecule has 0 aliphatic rings. The van der Waals surface area contributed by atoms with Gasteiger partial charge in [0, 0.05) is 30.4 Å². The topological polar surface area (TPSA) is 74.0 Å². The van der Waals surface area contributed by atoms with E-state index in [9.17, 15) is 9.59 Å². The van der Waals surface area contributed by atoms with Gasteiger partial charge < -0.3 is 15.6 Å². The number of carbonyl (C=O) groups is 2. The molecule has 5 heteroatoms. The Bertz CT molecular complexity index is 902. The van der Waals surface area contributed by atoms with Crippen molar-refractivity contribution >= 4 is 22.7 Å². The van der Waals surface area contributed by atoms with Crippen LogP contribution in [0.2, 0.25) is 0 Å². The van der Waals surface area contributed by atoms with E-state index < -0.39 is 6.04 Å². The fraction of sp³-hybridized carbons (Fsp3) is 0.238. The van der Waals surface area contributed by atoms with E-state index in [-0.39, 0.29) is 17.9 Å². The second-order valence-electron chi connectivity index (χ2n) is 6.46. The summed E-state index contributed by atoms with van der Waals surface area (Å²) in [7, 11) is 0. The van der Waals surface area contributed by atoms with Crippen LogP contribution in [0, 0.1) is 0 Å². The molecule has 3 aromatic rings. The van der Waals surface area contributed by atoms with Gasteiger partial charge >= 0.3 is 0 Å². The van der Waals surface area contributed by atoms with E-state index in [1.165, 1.54) is 6.92 Å². The highest BCUT2D eigenvalue weighted by atomic mass is 16.2. The highest BCUT2D eigenvalue weighted by Crippen LogP contribution is 2.19. The number of benzene rings is 2. The number of amides is 2. The largest absolute Gasteiger partial charge is 0.361 e. The lowest BCUT2D eigenvalue weighted by Crippen LogP contribution is -2.47. The third kappa shape index (κ3) is 4.11. The lowest BCUT2D eigenvalue weighted by Gasteiger charge is -2.21. The maximum Gasteiger partial charge on any atom is 0.243 e. The second-order valence-corrected chi connectivity index (χ2v) is 6.46. The van der Waals surface area contributed by atoms with Gasteiger partial charge in [-0.15, -0.1) is 0 Å². The van der Waals surface area contributed by atoms with Crippen molar-refractivity contribution in [3.8, 4) is 0 Å². The molecule has 0 fully saturated rings. The van der Waals surface area contributed by atoms with Crippen molar-refractivity contribution in [2.75, 3.05) is 0 Å². The number of H-pyrrole nitrogens is 1. The Morgan fingerprint density at radius 2 is 1.69 bits per heavy atom. The monoisotopic (exact) mass is 349 g/mol. The molecule has 3 rings (SSSR count). The number of hydrogen-bond donors (Lipinski definition) is 3. The van der Waals surface area contributed by atoms with Gasteiger partial charge in [-0.1, -0.05) is 48.5 Å². The molecule has 0 saturated heterocycles. The molecular formula is C21H23N3O2. The Labute approximate surface area is 152 Å². The Balaban J connectivity index is 1.77. The summed E-state index contributed by atoms with van der Waals surface area (Å²) in [6.45, 7) is 3.36. The number of aromatic amines is 1. The summed E-state index contributed by atoms with van der Waals surface area (Å²) in [5, 5.41) is 6.83. The van der Waals surface area contributed by atoms with Crippen molar-refractivity contribution in [1.29, 1.82) is 0 Å². The van der Waals surface area contributed by atoms with Crippen LogP contribution in [-0.4, -0.2) is 22.8 Å². The van der Waals surface area contributed by atoms with Crippen LogP contribution < -0.4 is 10.6 Å². The number of hydrogen-bond acceptors (Lipinski definition) is 2. The van der Waals surface area contributed by atoms with E-state index in [0.29, 0.717) is 6.42 Å². The third-order valence-corrected chi connectivity index (χ3v) is 4.45. The van der Waals surface area contributed by atoms with E-state index in [1.807, 2.05) is 67.7 Å². The van der Waals surface area contributed by atoms with Gasteiger partial charge in [0.1, 0.15) is 6.04 Å². The summed E-state index contributed by atoms with van der Waals surface area (Å²) in [4.78, 5) is 27.6. The molecule has 0 bridgehead atoms. The maximum atomic E-state index is 12.8. The third-order valence-electron chi connectivity index (χ3n) is 4.45. The fourth-order valence-corrected chi connectivity index (χ4v) is 3.11. The molecule has 26 heavy (non-hydrogen) atoms. The van der Waals surface area contributed by atoms with Crippen molar-refractivity contribution in [3.05, 3.63) is 71.9 Å². The van der Waals surface area contributed by atoms with E-state index in [1.54, 1.807) is 0 Å². The van der Waals surface area contributed by atoms with Gasteiger partial charge in [0.05, 0.1) is 6.04 Å². The minimum atomic E-state index is -0.627. The number of carbonyl (C=O) groups excluding carboxylic acids is 2. The van der Waals surface area contributed by atoms with Gasteiger partial charge in [-0.2, -0.15) is 0 Å². The van der Waals surface area contributed by atoms with Gasteiger partial charge in [0.2, 0.25) is 11.8 Å². The minimum absolute atomic E-state index is 0.136. The van der Waals surface area contributed by atoms with Crippen LogP contribution in [0.5, 0.6) is 0 Å². The number of nitrogens with one attached hydrogen (secondary N) is 3. The Kier molecular flexibility index (Phi) is 5.37. The summed E-state index contributed by atoms with van der Waals surface area (Å²) in [6.07, 6.45) is 2.32. The van der Waals surface area contributed by atoms with Crippen molar-refractivity contribution < 1.29 is 9.59 Å².